The predicted molar refractivity (Wildman–Crippen MR) is 120 cm³/mol. The van der Waals surface area contributed by atoms with Gasteiger partial charge in [-0.1, -0.05) is 103 Å². The molecule has 28 heavy (non-hydrogen) atoms. The zero-order chi connectivity index (χ0) is 20.9. The minimum absolute atomic E-state index is 0.275. The average molecular weight is 419 g/mol. The fourth-order valence-electron chi connectivity index (χ4n) is 3.57. The maximum Gasteiger partial charge on any atom is 0.303 e. The molecule has 0 aliphatic rings. The zero-order valence-electron chi connectivity index (χ0n) is 18.4. The molecule has 0 aromatic carbocycles. The van der Waals surface area contributed by atoms with E-state index in [4.69, 9.17) is 5.11 Å². The van der Waals surface area contributed by atoms with E-state index in [0.717, 1.165) is 64.2 Å². The quantitative estimate of drug-likeness (QED) is 0.194. The third-order valence-corrected chi connectivity index (χ3v) is 7.23. The van der Waals surface area contributed by atoms with E-state index in [9.17, 15) is 13.2 Å². The van der Waals surface area contributed by atoms with Gasteiger partial charge in [0.25, 0.3) is 0 Å². The van der Waals surface area contributed by atoms with Gasteiger partial charge in [-0.15, -0.1) is 0 Å². The van der Waals surface area contributed by atoms with Crippen molar-refractivity contribution in [1.29, 1.82) is 0 Å². The molecule has 0 unspecified atom stereocenters. The third-order valence-electron chi connectivity index (χ3n) is 5.40. The van der Waals surface area contributed by atoms with Crippen LogP contribution in [-0.2, 0) is 14.6 Å². The van der Waals surface area contributed by atoms with Crippen molar-refractivity contribution in [2.45, 2.75) is 129 Å². The third kappa shape index (κ3) is 21.7. The molecule has 0 saturated heterocycles. The Hall–Kier alpha value is -0.580. The molecule has 0 rings (SSSR count). The van der Waals surface area contributed by atoms with Gasteiger partial charge >= 0.3 is 5.97 Å². The molecule has 0 radical (unpaired) electrons. The normalized spacial score (nSPS) is 11.8. The van der Waals surface area contributed by atoms with Crippen LogP contribution < -0.4 is 0 Å². The summed E-state index contributed by atoms with van der Waals surface area (Å²) in [4.78, 5) is 10.4. The Morgan fingerprint density at radius 2 is 0.893 bits per heavy atom. The first-order chi connectivity index (χ1) is 13.5. The summed E-state index contributed by atoms with van der Waals surface area (Å²) in [5.41, 5.74) is 0. The number of hydrogen-bond donors (Lipinski definition) is 1. The van der Waals surface area contributed by atoms with Crippen molar-refractivity contribution < 1.29 is 18.3 Å². The lowest BCUT2D eigenvalue weighted by molar-refractivity contribution is -0.137. The van der Waals surface area contributed by atoms with Crippen molar-refractivity contribution in [3.8, 4) is 0 Å². The molecule has 0 amide bonds. The summed E-state index contributed by atoms with van der Waals surface area (Å²) in [5, 5.41) is 8.57. The molecule has 0 fully saturated rings. The van der Waals surface area contributed by atoms with Crippen LogP contribution in [0, 0.1) is 0 Å². The van der Waals surface area contributed by atoms with Gasteiger partial charge in [-0.05, 0) is 19.3 Å². The number of hydrogen-bond acceptors (Lipinski definition) is 3. The number of unbranched alkanes of at least 4 members (excludes halogenated alkanes) is 16. The van der Waals surface area contributed by atoms with Gasteiger partial charge in [-0.2, -0.15) is 0 Å². The van der Waals surface area contributed by atoms with Crippen LogP contribution in [0.3, 0.4) is 0 Å². The minimum Gasteiger partial charge on any atom is -0.481 e. The van der Waals surface area contributed by atoms with Gasteiger partial charge in [-0.25, -0.2) is 8.42 Å². The highest BCUT2D eigenvalue weighted by molar-refractivity contribution is 7.91. The summed E-state index contributed by atoms with van der Waals surface area (Å²) in [6.45, 7) is 2.24. The summed E-state index contributed by atoms with van der Waals surface area (Å²) in [7, 11) is -2.86. The Balaban J connectivity index is 3.36. The molecule has 168 valence electrons. The highest BCUT2D eigenvalue weighted by atomic mass is 32.2. The molecule has 5 heteroatoms. The van der Waals surface area contributed by atoms with E-state index in [-0.39, 0.29) is 6.42 Å². The van der Waals surface area contributed by atoms with Gasteiger partial charge in [-0.3, -0.25) is 4.79 Å². The number of carboxylic acid groups (broad SMARTS) is 1. The molecule has 4 nitrogen and oxygen atoms in total. The van der Waals surface area contributed by atoms with Crippen LogP contribution in [0.4, 0.5) is 0 Å². The molecule has 0 bridgehead atoms. The predicted octanol–water partition coefficient (Wildman–Crippen LogP) is 6.92. The van der Waals surface area contributed by atoms with Crippen LogP contribution in [0.2, 0.25) is 0 Å². The zero-order valence-corrected chi connectivity index (χ0v) is 19.2. The van der Waals surface area contributed by atoms with Crippen molar-refractivity contribution in [2.24, 2.45) is 0 Å². The summed E-state index contributed by atoms with van der Waals surface area (Å²) >= 11 is 0. The second-order valence-electron chi connectivity index (χ2n) is 8.31. The molecule has 0 aromatic rings. The van der Waals surface area contributed by atoms with Crippen LogP contribution in [-0.4, -0.2) is 31.0 Å². The van der Waals surface area contributed by atoms with E-state index in [1.54, 1.807) is 0 Å². The van der Waals surface area contributed by atoms with Crippen molar-refractivity contribution in [2.75, 3.05) is 11.5 Å². The summed E-state index contributed by atoms with van der Waals surface area (Å²) in [5.74, 6) is 0.00912. The van der Waals surface area contributed by atoms with E-state index in [1.807, 2.05) is 0 Å². The number of rotatable bonds is 22. The van der Waals surface area contributed by atoms with Crippen LogP contribution in [0.15, 0.2) is 0 Å². The Morgan fingerprint density at radius 3 is 1.25 bits per heavy atom. The van der Waals surface area contributed by atoms with Crippen molar-refractivity contribution in [3.05, 3.63) is 0 Å². The Kier molecular flexibility index (Phi) is 19.3. The molecule has 0 spiro atoms. The summed E-state index contributed by atoms with van der Waals surface area (Å²) in [6, 6.07) is 0. The fourth-order valence-corrected chi connectivity index (χ4v) is 5.06. The van der Waals surface area contributed by atoms with Gasteiger partial charge < -0.3 is 5.11 Å². The average Bonchev–Trinajstić information content (AvgIpc) is 2.64. The molecule has 0 saturated carbocycles. The topological polar surface area (TPSA) is 71.4 Å². The lowest BCUT2D eigenvalue weighted by Crippen LogP contribution is -2.11. The molecule has 0 aliphatic carbocycles. The van der Waals surface area contributed by atoms with Crippen molar-refractivity contribution in [1.82, 2.24) is 0 Å². The minimum atomic E-state index is -2.86. The molecule has 0 aromatic heterocycles. The van der Waals surface area contributed by atoms with Crippen LogP contribution >= 0.6 is 0 Å². The number of sulfone groups is 1. The van der Waals surface area contributed by atoms with Gasteiger partial charge in [0.1, 0.15) is 9.84 Å². The number of aliphatic carboxylic acids is 1. The van der Waals surface area contributed by atoms with Gasteiger partial charge in [0, 0.05) is 6.42 Å². The van der Waals surface area contributed by atoms with Crippen LogP contribution in [0.1, 0.15) is 129 Å². The SMILES string of the molecule is CCCCCCCCCCCCS(=O)(=O)CCCCCCCCCCC(=O)O. The summed E-state index contributed by atoms with van der Waals surface area (Å²) < 4.78 is 24.2. The Bertz CT molecular complexity index is 446. The highest BCUT2D eigenvalue weighted by Gasteiger charge is 2.09. The van der Waals surface area contributed by atoms with E-state index >= 15 is 0 Å². The lowest BCUT2D eigenvalue weighted by Gasteiger charge is -2.05. The lowest BCUT2D eigenvalue weighted by atomic mass is 10.1. The van der Waals surface area contributed by atoms with Crippen LogP contribution in [0.5, 0.6) is 0 Å². The molecular weight excluding hydrogens is 372 g/mol. The van der Waals surface area contributed by atoms with E-state index in [1.165, 1.54) is 51.4 Å². The highest BCUT2D eigenvalue weighted by Crippen LogP contribution is 2.13. The number of carbonyl (C=O) groups is 1. The maximum absolute atomic E-state index is 12.1. The first kappa shape index (κ1) is 27.4. The first-order valence-corrected chi connectivity index (χ1v) is 13.7. The van der Waals surface area contributed by atoms with Crippen molar-refractivity contribution >= 4 is 15.8 Å². The fraction of sp³-hybridized carbons (Fsp3) is 0.957. The van der Waals surface area contributed by atoms with E-state index in [2.05, 4.69) is 6.92 Å². The first-order valence-electron chi connectivity index (χ1n) is 11.9. The molecule has 0 heterocycles. The van der Waals surface area contributed by atoms with E-state index < -0.39 is 15.8 Å². The summed E-state index contributed by atoms with van der Waals surface area (Å²) in [6.07, 6.45) is 20.6. The van der Waals surface area contributed by atoms with E-state index in [0.29, 0.717) is 11.5 Å². The largest absolute Gasteiger partial charge is 0.481 e. The molecule has 0 atom stereocenters. The molecule has 0 aliphatic heterocycles. The molecular formula is C23H46O4S. The second kappa shape index (κ2) is 19.7. The van der Waals surface area contributed by atoms with Crippen molar-refractivity contribution in [3.63, 3.8) is 0 Å². The Morgan fingerprint density at radius 1 is 0.571 bits per heavy atom. The monoisotopic (exact) mass is 418 g/mol. The standard InChI is InChI=1S/C23H46O4S/c1-2-3-4-5-6-7-9-12-15-18-21-28(26,27)22-19-16-13-10-8-11-14-17-20-23(24)25/h2-22H2,1H3,(H,24,25). The smallest absolute Gasteiger partial charge is 0.303 e. The Labute approximate surface area is 174 Å². The van der Waals surface area contributed by atoms with Gasteiger partial charge in [0.15, 0.2) is 0 Å². The molecule has 1 N–H and O–H groups in total. The number of carboxylic acids is 1. The van der Waals surface area contributed by atoms with Crippen LogP contribution in [0.25, 0.3) is 0 Å². The maximum atomic E-state index is 12.1. The second-order valence-corrected chi connectivity index (χ2v) is 10.6. The van der Waals surface area contributed by atoms with Gasteiger partial charge in [0.2, 0.25) is 0 Å². The van der Waals surface area contributed by atoms with Gasteiger partial charge in [0.05, 0.1) is 11.5 Å².